The second-order valence-corrected chi connectivity index (χ2v) is 11.3. The number of sulfonamides is 1. The standard InChI is InChI=1S/C29H35N3O4S/c1-3-29(33)32(22-23-7-5-4-6-8-23)26-17-19-31(20-18-26)21-24-9-13-27(14-10-24)36-28-15-11-25(12-16-28)30-37(2,34)35/h4-16,26,30H,3,17-22H2,1-2H3. The quantitative estimate of drug-likeness (QED) is 0.394. The molecule has 0 aromatic heterocycles. The van der Waals surface area contributed by atoms with Gasteiger partial charge in [0.2, 0.25) is 15.9 Å². The molecule has 1 heterocycles. The van der Waals surface area contributed by atoms with Crippen molar-refractivity contribution in [2.75, 3.05) is 24.1 Å². The molecule has 1 amide bonds. The van der Waals surface area contributed by atoms with E-state index in [4.69, 9.17) is 4.74 Å². The van der Waals surface area contributed by atoms with Crippen molar-refractivity contribution >= 4 is 21.6 Å². The number of carbonyl (C=O) groups is 1. The van der Waals surface area contributed by atoms with Crippen molar-refractivity contribution in [2.45, 2.75) is 45.3 Å². The van der Waals surface area contributed by atoms with Crippen molar-refractivity contribution < 1.29 is 17.9 Å². The van der Waals surface area contributed by atoms with Gasteiger partial charge in [0.05, 0.1) is 6.26 Å². The first kappa shape index (κ1) is 26.7. The number of nitrogens with one attached hydrogen (secondary N) is 1. The Kier molecular flexibility index (Phi) is 8.84. The molecule has 4 rings (SSSR count). The van der Waals surface area contributed by atoms with Crippen LogP contribution in [0.1, 0.15) is 37.3 Å². The van der Waals surface area contributed by atoms with Gasteiger partial charge in [0.1, 0.15) is 11.5 Å². The van der Waals surface area contributed by atoms with Crippen LogP contribution in [-0.4, -0.2) is 49.5 Å². The third kappa shape index (κ3) is 8.06. The third-order valence-corrected chi connectivity index (χ3v) is 7.15. The number of benzene rings is 3. The molecule has 1 saturated heterocycles. The lowest BCUT2D eigenvalue weighted by Gasteiger charge is -2.38. The van der Waals surface area contributed by atoms with Gasteiger partial charge in [-0.05, 0) is 60.4 Å². The molecule has 7 nitrogen and oxygen atoms in total. The average molecular weight is 522 g/mol. The van der Waals surface area contributed by atoms with E-state index in [0.29, 0.717) is 24.4 Å². The van der Waals surface area contributed by atoms with Crippen LogP contribution in [0.2, 0.25) is 0 Å². The maximum atomic E-state index is 12.7. The fraction of sp³-hybridized carbons (Fsp3) is 0.345. The van der Waals surface area contributed by atoms with E-state index in [1.165, 1.54) is 11.1 Å². The number of carbonyl (C=O) groups excluding carboxylic acids is 1. The molecule has 1 aliphatic heterocycles. The molecule has 0 aliphatic carbocycles. The van der Waals surface area contributed by atoms with E-state index in [0.717, 1.165) is 44.5 Å². The summed E-state index contributed by atoms with van der Waals surface area (Å²) < 4.78 is 31.0. The largest absolute Gasteiger partial charge is 0.457 e. The Hall–Kier alpha value is -3.36. The van der Waals surface area contributed by atoms with Crippen LogP contribution in [0.15, 0.2) is 78.9 Å². The van der Waals surface area contributed by atoms with Gasteiger partial charge < -0.3 is 9.64 Å². The summed E-state index contributed by atoms with van der Waals surface area (Å²) in [5.41, 5.74) is 2.89. The molecule has 0 radical (unpaired) electrons. The molecule has 37 heavy (non-hydrogen) atoms. The van der Waals surface area contributed by atoms with Crippen LogP contribution in [-0.2, 0) is 27.9 Å². The predicted molar refractivity (Wildman–Crippen MR) is 147 cm³/mol. The maximum absolute atomic E-state index is 12.7. The van der Waals surface area contributed by atoms with Gasteiger partial charge in [0, 0.05) is 44.3 Å². The zero-order valence-electron chi connectivity index (χ0n) is 21.5. The molecule has 0 saturated carbocycles. The minimum Gasteiger partial charge on any atom is -0.457 e. The highest BCUT2D eigenvalue weighted by Crippen LogP contribution is 2.25. The number of amides is 1. The van der Waals surface area contributed by atoms with Crippen molar-refractivity contribution in [1.82, 2.24) is 9.80 Å². The number of piperidine rings is 1. The highest BCUT2D eigenvalue weighted by Gasteiger charge is 2.27. The Bertz CT molecular complexity index is 1250. The molecule has 3 aromatic rings. The molecule has 3 aromatic carbocycles. The van der Waals surface area contributed by atoms with Crippen LogP contribution in [0.3, 0.4) is 0 Å². The highest BCUT2D eigenvalue weighted by molar-refractivity contribution is 7.92. The highest BCUT2D eigenvalue weighted by atomic mass is 32.2. The van der Waals surface area contributed by atoms with Crippen LogP contribution in [0.25, 0.3) is 0 Å². The van der Waals surface area contributed by atoms with E-state index in [-0.39, 0.29) is 11.9 Å². The number of rotatable bonds is 10. The molecular weight excluding hydrogens is 486 g/mol. The van der Waals surface area contributed by atoms with E-state index in [1.54, 1.807) is 24.3 Å². The summed E-state index contributed by atoms with van der Waals surface area (Å²) in [6, 6.07) is 25.4. The number of hydrogen-bond donors (Lipinski definition) is 1. The van der Waals surface area contributed by atoms with Crippen LogP contribution in [0.5, 0.6) is 11.5 Å². The molecule has 0 atom stereocenters. The molecular formula is C29H35N3O4S. The van der Waals surface area contributed by atoms with Crippen LogP contribution in [0.4, 0.5) is 5.69 Å². The van der Waals surface area contributed by atoms with Crippen LogP contribution >= 0.6 is 0 Å². The van der Waals surface area contributed by atoms with Crippen molar-refractivity contribution in [3.8, 4) is 11.5 Å². The van der Waals surface area contributed by atoms with Crippen LogP contribution < -0.4 is 9.46 Å². The molecule has 0 unspecified atom stereocenters. The predicted octanol–water partition coefficient (Wildman–Crippen LogP) is 5.25. The fourth-order valence-corrected chi connectivity index (χ4v) is 5.22. The van der Waals surface area contributed by atoms with Gasteiger partial charge in [-0.1, -0.05) is 49.4 Å². The van der Waals surface area contributed by atoms with Crippen LogP contribution in [0, 0.1) is 0 Å². The lowest BCUT2D eigenvalue weighted by atomic mass is 10.0. The van der Waals surface area contributed by atoms with Crippen molar-refractivity contribution in [3.63, 3.8) is 0 Å². The summed E-state index contributed by atoms with van der Waals surface area (Å²) in [6.45, 7) is 5.39. The van der Waals surface area contributed by atoms with Gasteiger partial charge in [0.25, 0.3) is 0 Å². The monoisotopic (exact) mass is 521 g/mol. The van der Waals surface area contributed by atoms with Gasteiger partial charge in [-0.2, -0.15) is 0 Å². The molecule has 0 spiro atoms. The minimum absolute atomic E-state index is 0.221. The topological polar surface area (TPSA) is 79.0 Å². The van der Waals surface area contributed by atoms with Gasteiger partial charge in [-0.25, -0.2) is 8.42 Å². The summed E-state index contributed by atoms with van der Waals surface area (Å²) in [5, 5.41) is 0. The number of ether oxygens (including phenoxy) is 1. The van der Waals surface area contributed by atoms with Crippen molar-refractivity contribution in [1.29, 1.82) is 0 Å². The second kappa shape index (κ2) is 12.3. The van der Waals surface area contributed by atoms with E-state index in [2.05, 4.69) is 38.8 Å². The van der Waals surface area contributed by atoms with Gasteiger partial charge in [-0.3, -0.25) is 14.4 Å². The number of nitrogens with zero attached hydrogens (tertiary/aromatic N) is 2. The first-order chi connectivity index (χ1) is 17.8. The third-order valence-electron chi connectivity index (χ3n) is 6.54. The molecule has 0 bridgehead atoms. The van der Waals surface area contributed by atoms with E-state index in [1.807, 2.05) is 37.3 Å². The fourth-order valence-electron chi connectivity index (χ4n) is 4.66. The first-order valence-electron chi connectivity index (χ1n) is 12.7. The van der Waals surface area contributed by atoms with E-state index < -0.39 is 10.0 Å². The Balaban J connectivity index is 1.28. The number of anilines is 1. The first-order valence-corrected chi connectivity index (χ1v) is 14.6. The van der Waals surface area contributed by atoms with Gasteiger partial charge >= 0.3 is 0 Å². The minimum atomic E-state index is -3.30. The van der Waals surface area contributed by atoms with E-state index >= 15 is 0 Å². The summed E-state index contributed by atoms with van der Waals surface area (Å²) in [4.78, 5) is 17.2. The Labute approximate surface area is 220 Å². The Morgan fingerprint density at radius 1 is 0.919 bits per heavy atom. The SMILES string of the molecule is CCC(=O)N(Cc1ccccc1)C1CCN(Cc2ccc(Oc3ccc(NS(C)(=O)=O)cc3)cc2)CC1. The van der Waals surface area contributed by atoms with E-state index in [9.17, 15) is 13.2 Å². The zero-order valence-corrected chi connectivity index (χ0v) is 22.3. The lowest BCUT2D eigenvalue weighted by molar-refractivity contribution is -0.135. The molecule has 1 aliphatic rings. The van der Waals surface area contributed by atoms with Crippen molar-refractivity contribution in [3.05, 3.63) is 90.0 Å². The smallest absolute Gasteiger partial charge is 0.229 e. The van der Waals surface area contributed by atoms with Gasteiger partial charge in [-0.15, -0.1) is 0 Å². The van der Waals surface area contributed by atoms with Gasteiger partial charge in [0.15, 0.2) is 0 Å². The Morgan fingerprint density at radius 3 is 2.08 bits per heavy atom. The second-order valence-electron chi connectivity index (χ2n) is 9.51. The summed E-state index contributed by atoms with van der Waals surface area (Å²) >= 11 is 0. The molecule has 1 N–H and O–H groups in total. The summed E-state index contributed by atoms with van der Waals surface area (Å²) in [6.07, 6.45) is 3.60. The lowest BCUT2D eigenvalue weighted by Crippen LogP contribution is -2.46. The number of likely N-dealkylation sites (tertiary alicyclic amines) is 1. The summed E-state index contributed by atoms with van der Waals surface area (Å²) in [5.74, 6) is 1.58. The van der Waals surface area contributed by atoms with Crippen molar-refractivity contribution in [2.24, 2.45) is 0 Å². The normalized spacial score (nSPS) is 14.8. The average Bonchev–Trinajstić information content (AvgIpc) is 2.89. The Morgan fingerprint density at radius 2 is 1.51 bits per heavy atom. The zero-order chi connectivity index (χ0) is 26.3. The molecule has 196 valence electrons. The maximum Gasteiger partial charge on any atom is 0.229 e. The number of hydrogen-bond acceptors (Lipinski definition) is 5. The summed E-state index contributed by atoms with van der Waals surface area (Å²) in [7, 11) is -3.30. The molecule has 8 heteroatoms. The molecule has 1 fully saturated rings.